The maximum Gasteiger partial charge on any atom is 0.194 e. The van der Waals surface area contributed by atoms with Crippen LogP contribution in [0.4, 0.5) is 17.6 Å². The van der Waals surface area contributed by atoms with Gasteiger partial charge in [-0.25, -0.2) is 17.6 Å². The molecule has 0 bridgehead atoms. The molecule has 1 aromatic rings. The van der Waals surface area contributed by atoms with Crippen LogP contribution < -0.4 is 0 Å². The molecule has 0 radical (unpaired) electrons. The van der Waals surface area contributed by atoms with Crippen LogP contribution >= 0.6 is 0 Å². The third kappa shape index (κ3) is 4.07. The fourth-order valence-corrected chi connectivity index (χ4v) is 2.95. The third-order valence-electron chi connectivity index (χ3n) is 5.76. The summed E-state index contributed by atoms with van der Waals surface area (Å²) >= 11 is 0. The first-order valence-electron chi connectivity index (χ1n) is 8.35. The van der Waals surface area contributed by atoms with E-state index in [0.29, 0.717) is 18.9 Å². The second-order valence-electron chi connectivity index (χ2n) is 7.50. The number of hydrogen-bond donors (Lipinski definition) is 0. The summed E-state index contributed by atoms with van der Waals surface area (Å²) < 4.78 is 55.7. The molecule has 0 saturated carbocycles. The first-order chi connectivity index (χ1) is 10.5. The van der Waals surface area contributed by atoms with Crippen LogP contribution in [0, 0.1) is 34.1 Å². The second kappa shape index (κ2) is 7.23. The molecule has 1 unspecified atom stereocenters. The molecule has 0 heterocycles. The topological polar surface area (TPSA) is 0 Å². The van der Waals surface area contributed by atoms with Gasteiger partial charge in [0.05, 0.1) is 0 Å². The molecule has 0 fully saturated rings. The Morgan fingerprint density at radius 2 is 1.35 bits per heavy atom. The molecule has 132 valence electrons. The normalized spacial score (nSPS) is 14.2. The van der Waals surface area contributed by atoms with Gasteiger partial charge in [0.1, 0.15) is 5.82 Å². The minimum Gasteiger partial charge on any atom is -0.206 e. The highest BCUT2D eigenvalue weighted by Gasteiger charge is 2.39. The molecule has 0 aromatic heterocycles. The highest BCUT2D eigenvalue weighted by Crippen LogP contribution is 2.49. The maximum atomic E-state index is 14.4. The van der Waals surface area contributed by atoms with Gasteiger partial charge in [0.2, 0.25) is 0 Å². The molecule has 1 atom stereocenters. The zero-order valence-electron chi connectivity index (χ0n) is 15.0. The van der Waals surface area contributed by atoms with Gasteiger partial charge >= 0.3 is 0 Å². The highest BCUT2D eigenvalue weighted by molar-refractivity contribution is 5.28. The molecule has 1 aromatic carbocycles. The molecular formula is C19H28F4. The summed E-state index contributed by atoms with van der Waals surface area (Å²) in [4.78, 5) is 0. The fourth-order valence-electron chi connectivity index (χ4n) is 2.95. The van der Waals surface area contributed by atoms with Crippen LogP contribution in [-0.4, -0.2) is 0 Å². The summed E-state index contributed by atoms with van der Waals surface area (Å²) in [5.41, 5.74) is -0.859. The summed E-state index contributed by atoms with van der Waals surface area (Å²) in [5.74, 6) is -5.97. The Morgan fingerprint density at radius 3 is 1.78 bits per heavy atom. The smallest absolute Gasteiger partial charge is 0.194 e. The Bertz CT molecular complexity index is 545. The summed E-state index contributed by atoms with van der Waals surface area (Å²) in [6.45, 7) is 11.9. The summed E-state index contributed by atoms with van der Waals surface area (Å²) in [6.07, 6.45) is 2.91. The standard InChI is InChI=1S/C19H28F4/c1-7-18(4,5)12(11-19(6,8-2)9-3)15-13(20)10-14(21)16(22)17(15)23/h10,12H,7-9,11H2,1-6H3. The Morgan fingerprint density at radius 1 is 0.826 bits per heavy atom. The Kier molecular flexibility index (Phi) is 6.28. The molecule has 0 spiro atoms. The average Bonchev–Trinajstić information content (AvgIpc) is 2.51. The van der Waals surface area contributed by atoms with Crippen LogP contribution in [0.3, 0.4) is 0 Å². The Hall–Kier alpha value is -1.06. The van der Waals surface area contributed by atoms with Gasteiger partial charge in [0.15, 0.2) is 17.5 Å². The number of halogens is 4. The Labute approximate surface area is 137 Å². The lowest BCUT2D eigenvalue weighted by Gasteiger charge is -2.40. The van der Waals surface area contributed by atoms with Crippen LogP contribution in [0.1, 0.15) is 78.7 Å². The molecule has 1 rings (SSSR count). The van der Waals surface area contributed by atoms with E-state index in [1.807, 2.05) is 34.6 Å². The van der Waals surface area contributed by atoms with Gasteiger partial charge in [-0.2, -0.15) is 0 Å². The largest absolute Gasteiger partial charge is 0.206 e. The van der Waals surface area contributed by atoms with E-state index in [0.717, 1.165) is 12.8 Å². The summed E-state index contributed by atoms with van der Waals surface area (Å²) in [7, 11) is 0. The van der Waals surface area contributed by atoms with Gasteiger partial charge in [-0.3, -0.25) is 0 Å². The molecule has 0 N–H and O–H groups in total. The van der Waals surface area contributed by atoms with Crippen LogP contribution in [0.15, 0.2) is 6.07 Å². The van der Waals surface area contributed by atoms with Gasteiger partial charge < -0.3 is 0 Å². The van der Waals surface area contributed by atoms with Crippen LogP contribution in [0.25, 0.3) is 0 Å². The minimum absolute atomic E-state index is 0.110. The van der Waals surface area contributed by atoms with Gasteiger partial charge in [-0.1, -0.05) is 60.8 Å². The molecule has 0 aliphatic carbocycles. The molecule has 0 saturated heterocycles. The lowest BCUT2D eigenvalue weighted by molar-refractivity contribution is 0.162. The van der Waals surface area contributed by atoms with Crippen molar-refractivity contribution in [2.75, 3.05) is 0 Å². The van der Waals surface area contributed by atoms with E-state index < -0.39 is 34.6 Å². The van der Waals surface area contributed by atoms with E-state index in [1.165, 1.54) is 0 Å². The van der Waals surface area contributed by atoms with Gasteiger partial charge in [-0.15, -0.1) is 0 Å². The van der Waals surface area contributed by atoms with Crippen molar-refractivity contribution in [1.29, 1.82) is 0 Å². The van der Waals surface area contributed by atoms with Crippen LogP contribution in [0.5, 0.6) is 0 Å². The maximum absolute atomic E-state index is 14.4. The number of rotatable bonds is 7. The predicted octanol–water partition coefficient (Wildman–Crippen LogP) is 6.98. The predicted molar refractivity (Wildman–Crippen MR) is 86.4 cm³/mol. The fraction of sp³-hybridized carbons (Fsp3) is 0.684. The summed E-state index contributed by atoms with van der Waals surface area (Å²) in [6, 6.07) is 0.460. The van der Waals surface area contributed by atoms with Crippen molar-refractivity contribution in [2.24, 2.45) is 10.8 Å². The van der Waals surface area contributed by atoms with E-state index in [1.54, 1.807) is 0 Å². The molecule has 4 heteroatoms. The average molecular weight is 332 g/mol. The first-order valence-corrected chi connectivity index (χ1v) is 8.35. The van der Waals surface area contributed by atoms with Crippen molar-refractivity contribution < 1.29 is 17.6 Å². The zero-order valence-corrected chi connectivity index (χ0v) is 15.0. The number of hydrogen-bond acceptors (Lipinski definition) is 0. The van der Waals surface area contributed by atoms with Crippen molar-refractivity contribution in [1.82, 2.24) is 0 Å². The molecule has 0 aliphatic rings. The van der Waals surface area contributed by atoms with Crippen molar-refractivity contribution in [2.45, 2.75) is 73.1 Å². The lowest BCUT2D eigenvalue weighted by Crippen LogP contribution is -2.30. The second-order valence-corrected chi connectivity index (χ2v) is 7.50. The van der Waals surface area contributed by atoms with E-state index >= 15 is 0 Å². The van der Waals surface area contributed by atoms with Gasteiger partial charge in [-0.05, 0) is 23.2 Å². The van der Waals surface area contributed by atoms with Gasteiger partial charge in [0, 0.05) is 11.6 Å². The van der Waals surface area contributed by atoms with E-state index in [4.69, 9.17) is 0 Å². The third-order valence-corrected chi connectivity index (χ3v) is 5.76. The molecule has 23 heavy (non-hydrogen) atoms. The lowest BCUT2D eigenvalue weighted by atomic mass is 9.64. The molecule has 0 amide bonds. The van der Waals surface area contributed by atoms with E-state index in [2.05, 4.69) is 6.92 Å². The van der Waals surface area contributed by atoms with E-state index in [-0.39, 0.29) is 11.0 Å². The minimum atomic E-state index is -1.59. The van der Waals surface area contributed by atoms with Crippen LogP contribution in [0.2, 0.25) is 0 Å². The van der Waals surface area contributed by atoms with E-state index in [9.17, 15) is 17.6 Å². The monoisotopic (exact) mass is 332 g/mol. The van der Waals surface area contributed by atoms with Crippen molar-refractivity contribution in [3.63, 3.8) is 0 Å². The molecule has 0 aliphatic heterocycles. The first kappa shape index (κ1) is 20.0. The highest BCUT2D eigenvalue weighted by atomic mass is 19.2. The van der Waals surface area contributed by atoms with Crippen LogP contribution in [-0.2, 0) is 0 Å². The van der Waals surface area contributed by atoms with Crippen molar-refractivity contribution in [3.05, 3.63) is 34.9 Å². The zero-order chi connectivity index (χ0) is 18.0. The molecular weight excluding hydrogens is 304 g/mol. The van der Waals surface area contributed by atoms with Crippen molar-refractivity contribution >= 4 is 0 Å². The Balaban J connectivity index is 3.52. The van der Waals surface area contributed by atoms with Gasteiger partial charge in [0.25, 0.3) is 0 Å². The SMILES string of the molecule is CCC(C)(CC)CC(c1c(F)cc(F)c(F)c1F)C(C)(C)CC. The number of benzene rings is 1. The van der Waals surface area contributed by atoms with Crippen molar-refractivity contribution in [3.8, 4) is 0 Å². The quantitative estimate of drug-likeness (QED) is 0.287. The molecule has 0 nitrogen and oxygen atoms in total. The summed E-state index contributed by atoms with van der Waals surface area (Å²) in [5, 5.41) is 0.